The van der Waals surface area contributed by atoms with E-state index < -0.39 is 12.1 Å². The van der Waals surface area contributed by atoms with Crippen molar-refractivity contribution in [3.8, 4) is 0 Å². The number of carbonyl (C=O) groups excluding carboxylic acids is 1. The number of nitrogens with zero attached hydrogens (tertiary/aromatic N) is 2. The molecule has 0 bridgehead atoms. The molecule has 0 aliphatic carbocycles. The average molecular weight is 416 g/mol. The Bertz CT molecular complexity index is 707. The van der Waals surface area contributed by atoms with Gasteiger partial charge in [0.15, 0.2) is 0 Å². The molecule has 29 heavy (non-hydrogen) atoms. The Kier molecular flexibility index (Phi) is 7.65. The topological polar surface area (TPSA) is 70.1 Å². The van der Waals surface area contributed by atoms with Gasteiger partial charge < -0.3 is 19.6 Å². The van der Waals surface area contributed by atoms with E-state index in [1.807, 2.05) is 4.90 Å². The second kappa shape index (κ2) is 9.58. The van der Waals surface area contributed by atoms with Gasteiger partial charge in [-0.2, -0.15) is 13.2 Å². The number of amides is 1. The lowest BCUT2D eigenvalue weighted by molar-refractivity contribution is -0.192. The Morgan fingerprint density at radius 2 is 1.79 bits per heavy atom. The van der Waals surface area contributed by atoms with E-state index in [2.05, 4.69) is 50.2 Å². The molecule has 0 saturated carbocycles. The van der Waals surface area contributed by atoms with Gasteiger partial charge in [0.05, 0.1) is 19.1 Å². The number of halogens is 3. The quantitative estimate of drug-likeness (QED) is 0.815. The smallest absolute Gasteiger partial charge is 0.475 e. The number of aryl methyl sites for hydroxylation is 1. The number of rotatable bonds is 4. The molecule has 2 aliphatic rings. The first kappa shape index (κ1) is 23.2. The number of aliphatic carboxylic acids is 1. The van der Waals surface area contributed by atoms with Crippen molar-refractivity contribution in [3.63, 3.8) is 0 Å². The predicted octanol–water partition coefficient (Wildman–Crippen LogP) is 2.21. The first-order valence-corrected chi connectivity index (χ1v) is 9.37. The summed E-state index contributed by atoms with van der Waals surface area (Å²) in [5.74, 6) is -1.47. The molecule has 1 N–H and O–H groups in total. The largest absolute Gasteiger partial charge is 0.490 e. The fraction of sp³-hybridized carbons (Fsp3) is 0.600. The zero-order chi connectivity index (χ0) is 21.8. The number of benzene rings is 1. The van der Waals surface area contributed by atoms with Crippen LogP contribution in [0.15, 0.2) is 24.3 Å². The minimum Gasteiger partial charge on any atom is -0.475 e. The number of hydrogen-bond acceptors (Lipinski definition) is 4. The molecule has 2 heterocycles. The molecule has 1 aromatic carbocycles. The van der Waals surface area contributed by atoms with Gasteiger partial charge in [0.25, 0.3) is 0 Å². The van der Waals surface area contributed by atoms with Gasteiger partial charge in [0, 0.05) is 31.5 Å². The third-order valence-corrected chi connectivity index (χ3v) is 5.11. The Hall–Kier alpha value is -2.13. The van der Waals surface area contributed by atoms with E-state index >= 15 is 0 Å². The number of carboxylic acid groups (broad SMARTS) is 1. The molecular weight excluding hydrogens is 389 g/mol. The molecule has 3 rings (SSSR count). The molecule has 162 valence electrons. The lowest BCUT2D eigenvalue weighted by Gasteiger charge is -2.22. The fourth-order valence-electron chi connectivity index (χ4n) is 3.65. The molecule has 2 aliphatic heterocycles. The summed E-state index contributed by atoms with van der Waals surface area (Å²) < 4.78 is 37.7. The molecule has 0 radical (unpaired) electrons. The van der Waals surface area contributed by atoms with Crippen LogP contribution >= 0.6 is 0 Å². The second-order valence-corrected chi connectivity index (χ2v) is 7.82. The monoisotopic (exact) mass is 416 g/mol. The SMILES string of the molecule is Cc1ccc(CC(=O)N2C[C@@H]3[C@H](CN(C)C)CO[C@@H]3C2)cc1.O=C(O)C(F)(F)F. The van der Waals surface area contributed by atoms with Crippen LogP contribution in [0, 0.1) is 18.8 Å². The van der Waals surface area contributed by atoms with Crippen LogP contribution in [0.2, 0.25) is 0 Å². The van der Waals surface area contributed by atoms with E-state index in [0.717, 1.165) is 31.8 Å². The van der Waals surface area contributed by atoms with Gasteiger partial charge in [0.1, 0.15) is 0 Å². The molecule has 1 amide bonds. The molecule has 2 saturated heterocycles. The van der Waals surface area contributed by atoms with Crippen molar-refractivity contribution in [2.45, 2.75) is 25.6 Å². The van der Waals surface area contributed by atoms with Crippen LogP contribution in [0.4, 0.5) is 13.2 Å². The highest BCUT2D eigenvalue weighted by atomic mass is 19.4. The van der Waals surface area contributed by atoms with E-state index in [9.17, 15) is 18.0 Å². The summed E-state index contributed by atoms with van der Waals surface area (Å²) in [6.07, 6.45) is -4.34. The van der Waals surface area contributed by atoms with Crippen LogP contribution in [-0.4, -0.2) is 79.4 Å². The summed E-state index contributed by atoms with van der Waals surface area (Å²) in [6.45, 7) is 5.57. The third kappa shape index (κ3) is 6.71. The third-order valence-electron chi connectivity index (χ3n) is 5.11. The molecular formula is C20H27F3N2O4. The molecule has 1 aromatic rings. The Morgan fingerprint density at radius 1 is 1.21 bits per heavy atom. The number of alkyl halides is 3. The van der Waals surface area contributed by atoms with Gasteiger partial charge in [-0.05, 0) is 26.6 Å². The fourth-order valence-corrected chi connectivity index (χ4v) is 3.65. The van der Waals surface area contributed by atoms with Gasteiger partial charge in [-0.1, -0.05) is 29.8 Å². The van der Waals surface area contributed by atoms with E-state index in [0.29, 0.717) is 18.3 Å². The van der Waals surface area contributed by atoms with Crippen LogP contribution in [0.1, 0.15) is 11.1 Å². The molecule has 2 fully saturated rings. The summed E-state index contributed by atoms with van der Waals surface area (Å²) in [5.41, 5.74) is 2.32. The summed E-state index contributed by atoms with van der Waals surface area (Å²) >= 11 is 0. The number of carbonyl (C=O) groups is 2. The molecule has 0 spiro atoms. The first-order chi connectivity index (χ1) is 13.5. The van der Waals surface area contributed by atoms with Crippen LogP contribution in [0.25, 0.3) is 0 Å². The van der Waals surface area contributed by atoms with Crippen LogP contribution in [-0.2, 0) is 20.7 Å². The van der Waals surface area contributed by atoms with Crippen molar-refractivity contribution < 1.29 is 32.6 Å². The zero-order valence-corrected chi connectivity index (χ0v) is 16.8. The minimum absolute atomic E-state index is 0.227. The van der Waals surface area contributed by atoms with Crippen molar-refractivity contribution in [3.05, 3.63) is 35.4 Å². The van der Waals surface area contributed by atoms with Gasteiger partial charge in [0.2, 0.25) is 5.91 Å². The maximum Gasteiger partial charge on any atom is 0.490 e. The van der Waals surface area contributed by atoms with Crippen molar-refractivity contribution in [1.82, 2.24) is 9.80 Å². The number of carboxylic acids is 1. The molecule has 3 atom stereocenters. The van der Waals surface area contributed by atoms with Crippen LogP contribution in [0.5, 0.6) is 0 Å². The average Bonchev–Trinajstić information content (AvgIpc) is 3.18. The first-order valence-electron chi connectivity index (χ1n) is 9.37. The van der Waals surface area contributed by atoms with E-state index in [4.69, 9.17) is 14.6 Å². The Labute approximate surface area is 168 Å². The number of ether oxygens (including phenoxy) is 1. The summed E-state index contributed by atoms with van der Waals surface area (Å²) in [7, 11) is 4.20. The van der Waals surface area contributed by atoms with Crippen LogP contribution < -0.4 is 0 Å². The predicted molar refractivity (Wildman–Crippen MR) is 100 cm³/mol. The summed E-state index contributed by atoms with van der Waals surface area (Å²) in [5, 5.41) is 7.12. The maximum atomic E-state index is 12.5. The highest BCUT2D eigenvalue weighted by Gasteiger charge is 2.45. The van der Waals surface area contributed by atoms with Crippen molar-refractivity contribution in [2.24, 2.45) is 11.8 Å². The van der Waals surface area contributed by atoms with E-state index in [1.54, 1.807) is 0 Å². The Balaban J connectivity index is 0.000000370. The maximum absolute atomic E-state index is 12.5. The zero-order valence-electron chi connectivity index (χ0n) is 16.8. The summed E-state index contributed by atoms with van der Waals surface area (Å²) in [4.78, 5) is 25.6. The summed E-state index contributed by atoms with van der Waals surface area (Å²) in [6, 6.07) is 8.24. The second-order valence-electron chi connectivity index (χ2n) is 7.82. The van der Waals surface area contributed by atoms with Gasteiger partial charge >= 0.3 is 12.1 Å². The Morgan fingerprint density at radius 3 is 2.31 bits per heavy atom. The lowest BCUT2D eigenvalue weighted by Crippen LogP contribution is -2.34. The number of likely N-dealkylation sites (tertiary alicyclic amines) is 1. The van der Waals surface area contributed by atoms with Crippen LogP contribution in [0.3, 0.4) is 0 Å². The van der Waals surface area contributed by atoms with Gasteiger partial charge in [-0.3, -0.25) is 4.79 Å². The highest BCUT2D eigenvalue weighted by molar-refractivity contribution is 5.79. The van der Waals surface area contributed by atoms with E-state index in [1.165, 1.54) is 5.56 Å². The number of fused-ring (bicyclic) bond motifs is 1. The number of hydrogen-bond donors (Lipinski definition) is 1. The molecule has 0 aromatic heterocycles. The van der Waals surface area contributed by atoms with Crippen molar-refractivity contribution in [2.75, 3.05) is 40.3 Å². The highest BCUT2D eigenvalue weighted by Crippen LogP contribution is 2.34. The van der Waals surface area contributed by atoms with Crippen molar-refractivity contribution in [1.29, 1.82) is 0 Å². The normalized spacial score (nSPS) is 23.6. The van der Waals surface area contributed by atoms with Gasteiger partial charge in [-0.25, -0.2) is 4.79 Å². The standard InChI is InChI=1S/C18H26N2O2.C2HF3O2/c1-13-4-6-14(7-5-13)8-18(21)20-10-16-15(9-19(2)3)12-22-17(16)11-20;3-2(4,5)1(6)7/h4-7,15-17H,8-12H2,1-3H3;(H,6,7)/t15-,16-,17-;/m1./s1. The minimum atomic E-state index is -5.08. The molecule has 0 unspecified atom stereocenters. The van der Waals surface area contributed by atoms with Crippen molar-refractivity contribution >= 4 is 11.9 Å². The molecule has 6 nitrogen and oxygen atoms in total. The van der Waals surface area contributed by atoms with Gasteiger partial charge in [-0.15, -0.1) is 0 Å². The lowest BCUT2D eigenvalue weighted by atomic mass is 9.93. The van der Waals surface area contributed by atoms with E-state index in [-0.39, 0.29) is 12.0 Å². The molecule has 9 heteroatoms.